The van der Waals surface area contributed by atoms with Crippen molar-refractivity contribution in [3.05, 3.63) is 28.5 Å². The van der Waals surface area contributed by atoms with Gasteiger partial charge in [-0.2, -0.15) is 4.39 Å². The molecular weight excluding hydrogens is 176 g/mol. The fraction of sp³-hybridized carbons (Fsp3) is 0.167. The van der Waals surface area contributed by atoms with Crippen molar-refractivity contribution in [3.8, 4) is 0 Å². The maximum Gasteiger partial charge on any atom is 0.249 e. The maximum atomic E-state index is 12.3. The highest BCUT2D eigenvalue weighted by molar-refractivity contribution is 6.31. The van der Waals surface area contributed by atoms with Crippen LogP contribution in [-0.4, -0.2) is 10.1 Å². The van der Waals surface area contributed by atoms with Crippen molar-refractivity contribution in [1.82, 2.24) is 4.98 Å². The van der Waals surface area contributed by atoms with Gasteiger partial charge in [-0.15, -0.1) is 0 Å². The van der Waals surface area contributed by atoms with Crippen molar-refractivity contribution < 1.29 is 13.9 Å². The van der Waals surface area contributed by atoms with Crippen LogP contribution in [0.2, 0.25) is 5.02 Å². The van der Waals surface area contributed by atoms with Crippen LogP contribution >= 0.6 is 11.6 Å². The number of rotatable bonds is 1. The van der Waals surface area contributed by atoms with Gasteiger partial charge in [0, 0.05) is 0 Å². The van der Waals surface area contributed by atoms with Gasteiger partial charge in [0.25, 0.3) is 0 Å². The number of hydrogen-bond donors (Lipinski definition) is 1. The molecule has 1 rings (SSSR count). The van der Waals surface area contributed by atoms with E-state index in [0.717, 1.165) is 6.07 Å². The molecule has 0 unspecified atom stereocenters. The summed E-state index contributed by atoms with van der Waals surface area (Å²) in [5, 5.41) is 8.42. The molecule has 60 valence electrons. The molecule has 0 radical (unpaired) electrons. The average molecular weight is 180 g/mol. The first kappa shape index (κ1) is 8.36. The fourth-order valence-corrected chi connectivity index (χ4v) is 0.788. The molecule has 0 bridgehead atoms. The number of pyridine rings is 1. The molecule has 0 atom stereocenters. The first-order chi connectivity index (χ1) is 5.15. The van der Waals surface area contributed by atoms with E-state index in [1.807, 2.05) is 0 Å². The molecular formula is C6H4ClF2NO. The van der Waals surface area contributed by atoms with Gasteiger partial charge in [0.1, 0.15) is 0 Å². The second-order valence-electron chi connectivity index (χ2n) is 1.85. The Hall–Kier alpha value is -0.740. The molecule has 0 fully saturated rings. The summed E-state index contributed by atoms with van der Waals surface area (Å²) in [6, 6.07) is 0.773. The molecule has 1 aromatic rings. The SMILES string of the molecule is OCc1nc(F)c(F)cc1Cl. The van der Waals surface area contributed by atoms with E-state index in [1.165, 1.54) is 0 Å². The van der Waals surface area contributed by atoms with E-state index in [9.17, 15) is 8.78 Å². The highest BCUT2D eigenvalue weighted by Crippen LogP contribution is 2.16. The van der Waals surface area contributed by atoms with E-state index in [0.29, 0.717) is 0 Å². The van der Waals surface area contributed by atoms with Crippen LogP contribution in [-0.2, 0) is 6.61 Å². The van der Waals surface area contributed by atoms with Gasteiger partial charge in [0.15, 0.2) is 5.82 Å². The van der Waals surface area contributed by atoms with Crippen LogP contribution in [0.1, 0.15) is 5.69 Å². The summed E-state index contributed by atoms with van der Waals surface area (Å²) in [4.78, 5) is 3.07. The minimum atomic E-state index is -1.25. The summed E-state index contributed by atoms with van der Waals surface area (Å²) in [5.74, 6) is -2.37. The van der Waals surface area contributed by atoms with E-state index in [2.05, 4.69) is 4.98 Å². The van der Waals surface area contributed by atoms with Crippen LogP contribution in [0.3, 0.4) is 0 Å². The summed E-state index contributed by atoms with van der Waals surface area (Å²) >= 11 is 5.37. The lowest BCUT2D eigenvalue weighted by atomic mass is 10.3. The molecule has 1 heterocycles. The van der Waals surface area contributed by atoms with Gasteiger partial charge in [0.2, 0.25) is 5.95 Å². The lowest BCUT2D eigenvalue weighted by Crippen LogP contribution is -1.97. The Labute approximate surface area is 66.4 Å². The van der Waals surface area contributed by atoms with Crippen LogP contribution in [0.15, 0.2) is 6.07 Å². The number of halogens is 3. The molecule has 0 aliphatic heterocycles. The quantitative estimate of drug-likeness (QED) is 0.663. The molecule has 0 spiro atoms. The van der Waals surface area contributed by atoms with Crippen LogP contribution < -0.4 is 0 Å². The van der Waals surface area contributed by atoms with Gasteiger partial charge >= 0.3 is 0 Å². The Morgan fingerprint density at radius 3 is 2.73 bits per heavy atom. The number of nitrogens with zero attached hydrogens (tertiary/aromatic N) is 1. The molecule has 0 aromatic carbocycles. The lowest BCUT2D eigenvalue weighted by Gasteiger charge is -1.98. The zero-order valence-corrected chi connectivity index (χ0v) is 6.07. The first-order valence-corrected chi connectivity index (χ1v) is 3.14. The highest BCUT2D eigenvalue weighted by atomic mass is 35.5. The first-order valence-electron chi connectivity index (χ1n) is 2.76. The molecule has 0 aliphatic carbocycles. The predicted octanol–water partition coefficient (Wildman–Crippen LogP) is 1.51. The topological polar surface area (TPSA) is 33.1 Å². The van der Waals surface area contributed by atoms with E-state index in [1.54, 1.807) is 0 Å². The lowest BCUT2D eigenvalue weighted by molar-refractivity contribution is 0.274. The Morgan fingerprint density at radius 2 is 2.18 bits per heavy atom. The van der Waals surface area contributed by atoms with Gasteiger partial charge in [0.05, 0.1) is 17.3 Å². The van der Waals surface area contributed by atoms with Gasteiger partial charge in [-0.3, -0.25) is 0 Å². The van der Waals surface area contributed by atoms with Gasteiger partial charge in [-0.1, -0.05) is 11.6 Å². The van der Waals surface area contributed by atoms with Crippen molar-refractivity contribution in [2.24, 2.45) is 0 Å². The second kappa shape index (κ2) is 3.11. The molecule has 5 heteroatoms. The summed E-state index contributed by atoms with van der Waals surface area (Å²) in [7, 11) is 0. The van der Waals surface area contributed by atoms with E-state index in [4.69, 9.17) is 16.7 Å². The van der Waals surface area contributed by atoms with Crippen molar-refractivity contribution >= 4 is 11.6 Å². The fourth-order valence-electron chi connectivity index (χ4n) is 0.590. The molecule has 1 N–H and O–H groups in total. The number of aromatic nitrogens is 1. The van der Waals surface area contributed by atoms with Gasteiger partial charge in [-0.05, 0) is 6.07 Å². The third kappa shape index (κ3) is 1.64. The maximum absolute atomic E-state index is 12.3. The molecule has 11 heavy (non-hydrogen) atoms. The predicted molar refractivity (Wildman–Crippen MR) is 35.1 cm³/mol. The molecule has 0 saturated carbocycles. The second-order valence-corrected chi connectivity index (χ2v) is 2.25. The molecule has 1 aromatic heterocycles. The molecule has 2 nitrogen and oxygen atoms in total. The Morgan fingerprint density at radius 1 is 1.55 bits per heavy atom. The smallest absolute Gasteiger partial charge is 0.249 e. The largest absolute Gasteiger partial charge is 0.390 e. The summed E-state index contributed by atoms with van der Waals surface area (Å²) in [6.07, 6.45) is 0. The third-order valence-corrected chi connectivity index (χ3v) is 1.44. The van der Waals surface area contributed by atoms with Crippen molar-refractivity contribution in [3.63, 3.8) is 0 Å². The van der Waals surface area contributed by atoms with Gasteiger partial charge in [-0.25, -0.2) is 9.37 Å². The molecule has 0 saturated heterocycles. The highest BCUT2D eigenvalue weighted by Gasteiger charge is 2.08. The van der Waals surface area contributed by atoms with E-state index >= 15 is 0 Å². The standard InChI is InChI=1S/C6H4ClF2NO/c7-3-1-4(8)6(9)10-5(3)2-11/h1,11H,2H2. The number of aliphatic hydroxyl groups excluding tert-OH is 1. The third-order valence-electron chi connectivity index (χ3n) is 1.11. The van der Waals surface area contributed by atoms with Crippen LogP contribution in [0.4, 0.5) is 8.78 Å². The van der Waals surface area contributed by atoms with Crippen LogP contribution in [0, 0.1) is 11.8 Å². The van der Waals surface area contributed by atoms with Crippen molar-refractivity contribution in [1.29, 1.82) is 0 Å². The summed E-state index contributed by atoms with van der Waals surface area (Å²) < 4.78 is 24.6. The number of aliphatic hydroxyl groups is 1. The van der Waals surface area contributed by atoms with Crippen LogP contribution in [0.25, 0.3) is 0 Å². The van der Waals surface area contributed by atoms with Crippen molar-refractivity contribution in [2.45, 2.75) is 6.61 Å². The number of hydrogen-bond acceptors (Lipinski definition) is 2. The summed E-state index contributed by atoms with van der Waals surface area (Å²) in [6.45, 7) is -0.504. The Balaban J connectivity index is 3.21. The Bertz CT molecular complexity index is 280. The van der Waals surface area contributed by atoms with E-state index in [-0.39, 0.29) is 10.7 Å². The zero-order valence-electron chi connectivity index (χ0n) is 5.31. The minimum Gasteiger partial charge on any atom is -0.390 e. The van der Waals surface area contributed by atoms with E-state index < -0.39 is 18.4 Å². The average Bonchev–Trinajstić information content (AvgIpc) is 1.97. The van der Waals surface area contributed by atoms with Gasteiger partial charge < -0.3 is 5.11 Å². The minimum absolute atomic E-state index is 0.0643. The normalized spacial score (nSPS) is 10.2. The van der Waals surface area contributed by atoms with Crippen LogP contribution in [0.5, 0.6) is 0 Å². The summed E-state index contributed by atoms with van der Waals surface area (Å²) in [5.41, 5.74) is -0.0643. The van der Waals surface area contributed by atoms with Crippen molar-refractivity contribution in [2.75, 3.05) is 0 Å². The molecule has 0 aliphatic rings. The zero-order chi connectivity index (χ0) is 8.43. The monoisotopic (exact) mass is 179 g/mol. The Kier molecular flexibility index (Phi) is 2.36. The molecule has 0 amide bonds.